The lowest BCUT2D eigenvalue weighted by Crippen LogP contribution is -2.06. The summed E-state index contributed by atoms with van der Waals surface area (Å²) < 4.78 is 0.720. The van der Waals surface area contributed by atoms with E-state index in [2.05, 4.69) is 43.1 Å². The van der Waals surface area contributed by atoms with Crippen molar-refractivity contribution in [3.8, 4) is 16.9 Å². The minimum absolute atomic E-state index is 0.0387. The zero-order valence-electron chi connectivity index (χ0n) is 16.1. The fourth-order valence-corrected chi connectivity index (χ4v) is 4.96. The SMILES string of the molecule is CCC(C)c1ccc(-c2c(O)cc(C3CC3)c3[nH]c(=O)c4sccc4c23)cc1. The van der Waals surface area contributed by atoms with Gasteiger partial charge in [-0.25, -0.2) is 0 Å². The molecule has 28 heavy (non-hydrogen) atoms. The number of H-pyrrole nitrogens is 1. The largest absolute Gasteiger partial charge is 0.507 e. The number of nitrogens with one attached hydrogen (secondary N) is 1. The Morgan fingerprint density at radius 3 is 2.64 bits per heavy atom. The van der Waals surface area contributed by atoms with Crippen LogP contribution < -0.4 is 5.56 Å². The van der Waals surface area contributed by atoms with E-state index in [1.54, 1.807) is 0 Å². The average molecular weight is 390 g/mol. The minimum atomic E-state index is -0.0387. The van der Waals surface area contributed by atoms with Gasteiger partial charge in [-0.2, -0.15) is 0 Å². The number of hydrogen-bond acceptors (Lipinski definition) is 3. The van der Waals surface area contributed by atoms with Crippen molar-refractivity contribution in [3.05, 3.63) is 63.3 Å². The van der Waals surface area contributed by atoms with Crippen molar-refractivity contribution in [1.82, 2.24) is 4.98 Å². The van der Waals surface area contributed by atoms with Gasteiger partial charge in [-0.15, -0.1) is 11.3 Å². The second-order valence-electron chi connectivity index (χ2n) is 7.93. The van der Waals surface area contributed by atoms with Crippen LogP contribution in [0.1, 0.15) is 56.1 Å². The predicted octanol–water partition coefficient (Wildman–Crippen LogP) is 6.51. The third kappa shape index (κ3) is 2.67. The van der Waals surface area contributed by atoms with Gasteiger partial charge in [0.1, 0.15) is 10.4 Å². The van der Waals surface area contributed by atoms with E-state index >= 15 is 0 Å². The van der Waals surface area contributed by atoms with Crippen LogP contribution in [0, 0.1) is 0 Å². The Kier molecular flexibility index (Phi) is 4.06. The standard InChI is InChI=1S/C24H23NO2S/c1-3-13(2)14-4-8-16(9-5-14)20-19(26)12-18(15-6-7-15)22-21(20)17-10-11-28-23(17)24(27)25-22/h4-5,8-13,15,26H,3,6-7H2,1-2H3,(H,25,27). The lowest BCUT2D eigenvalue weighted by molar-refractivity contribution is 0.477. The number of fused-ring (bicyclic) bond motifs is 3. The van der Waals surface area contributed by atoms with Crippen molar-refractivity contribution < 1.29 is 5.11 Å². The smallest absolute Gasteiger partial charge is 0.266 e. The van der Waals surface area contributed by atoms with Gasteiger partial charge in [-0.05, 0) is 65.3 Å². The number of hydrogen-bond donors (Lipinski definition) is 2. The van der Waals surface area contributed by atoms with E-state index in [1.807, 2.05) is 17.5 Å². The van der Waals surface area contributed by atoms with Crippen LogP contribution in [0.2, 0.25) is 0 Å². The molecule has 142 valence electrons. The third-order valence-electron chi connectivity index (χ3n) is 6.11. The molecule has 2 aromatic carbocycles. The van der Waals surface area contributed by atoms with Gasteiger partial charge in [0.05, 0.1) is 5.52 Å². The first kappa shape index (κ1) is 17.5. The Morgan fingerprint density at radius 2 is 1.96 bits per heavy atom. The number of phenols is 1. The molecule has 4 aromatic rings. The van der Waals surface area contributed by atoms with Gasteiger partial charge >= 0.3 is 0 Å². The van der Waals surface area contributed by atoms with E-state index in [-0.39, 0.29) is 5.56 Å². The van der Waals surface area contributed by atoms with Gasteiger partial charge < -0.3 is 10.1 Å². The number of aromatic hydroxyl groups is 1. The fourth-order valence-electron chi connectivity index (χ4n) is 4.17. The molecule has 1 unspecified atom stereocenters. The zero-order valence-corrected chi connectivity index (χ0v) is 16.9. The maximum absolute atomic E-state index is 12.6. The van der Waals surface area contributed by atoms with Crippen LogP contribution in [0.4, 0.5) is 0 Å². The summed E-state index contributed by atoms with van der Waals surface area (Å²) in [5.41, 5.74) is 5.02. The van der Waals surface area contributed by atoms with E-state index in [1.165, 1.54) is 16.9 Å². The van der Waals surface area contributed by atoms with Gasteiger partial charge in [0, 0.05) is 16.3 Å². The van der Waals surface area contributed by atoms with Crippen LogP contribution in [0.25, 0.3) is 32.1 Å². The Morgan fingerprint density at radius 1 is 1.21 bits per heavy atom. The highest BCUT2D eigenvalue weighted by Gasteiger charge is 2.29. The lowest BCUT2D eigenvalue weighted by atomic mass is 9.91. The first-order valence-corrected chi connectivity index (χ1v) is 10.9. The van der Waals surface area contributed by atoms with E-state index in [0.717, 1.165) is 56.9 Å². The molecular formula is C24H23NO2S. The highest BCUT2D eigenvalue weighted by molar-refractivity contribution is 7.17. The fraction of sp³-hybridized carbons (Fsp3) is 0.292. The van der Waals surface area contributed by atoms with Crippen LogP contribution >= 0.6 is 11.3 Å². The summed E-state index contributed by atoms with van der Waals surface area (Å²) in [5.74, 6) is 1.24. The monoisotopic (exact) mass is 389 g/mol. The number of aromatic amines is 1. The van der Waals surface area contributed by atoms with Gasteiger partial charge in [0.2, 0.25) is 0 Å². The number of benzene rings is 2. The Labute approximate surface area is 167 Å². The molecular weight excluding hydrogens is 366 g/mol. The highest BCUT2D eigenvalue weighted by Crippen LogP contribution is 2.48. The number of phenolic OH excluding ortho intramolecular Hbond substituents is 1. The summed E-state index contributed by atoms with van der Waals surface area (Å²) in [5, 5.41) is 14.9. The summed E-state index contributed by atoms with van der Waals surface area (Å²) >= 11 is 1.45. The summed E-state index contributed by atoms with van der Waals surface area (Å²) in [6.45, 7) is 4.42. The van der Waals surface area contributed by atoms with Crippen molar-refractivity contribution in [2.24, 2.45) is 0 Å². The van der Waals surface area contributed by atoms with E-state index in [9.17, 15) is 9.90 Å². The maximum atomic E-state index is 12.6. The average Bonchev–Trinajstić information content (AvgIpc) is 3.43. The molecule has 0 aliphatic heterocycles. The van der Waals surface area contributed by atoms with Crippen molar-refractivity contribution in [2.45, 2.75) is 44.9 Å². The number of rotatable bonds is 4. The second-order valence-corrected chi connectivity index (χ2v) is 8.85. The normalized spacial score (nSPS) is 15.4. The molecule has 0 amide bonds. The molecule has 3 nitrogen and oxygen atoms in total. The molecule has 5 rings (SSSR count). The highest BCUT2D eigenvalue weighted by atomic mass is 32.1. The molecule has 1 atom stereocenters. The van der Waals surface area contributed by atoms with Crippen LogP contribution in [0.3, 0.4) is 0 Å². The number of pyridine rings is 1. The summed E-state index contributed by atoms with van der Waals surface area (Å²) in [6.07, 6.45) is 3.32. The van der Waals surface area contributed by atoms with Crippen LogP contribution in [0.5, 0.6) is 5.75 Å². The molecule has 2 heterocycles. The Hall–Kier alpha value is -2.59. The molecule has 0 saturated heterocycles. The van der Waals surface area contributed by atoms with Crippen molar-refractivity contribution in [3.63, 3.8) is 0 Å². The molecule has 0 bridgehead atoms. The molecule has 0 spiro atoms. The van der Waals surface area contributed by atoms with Crippen molar-refractivity contribution in [1.29, 1.82) is 0 Å². The summed E-state index contributed by atoms with van der Waals surface area (Å²) in [4.78, 5) is 15.8. The van der Waals surface area contributed by atoms with Gasteiger partial charge in [0.15, 0.2) is 0 Å². The van der Waals surface area contributed by atoms with E-state index < -0.39 is 0 Å². The molecule has 2 aromatic heterocycles. The molecule has 2 N–H and O–H groups in total. The van der Waals surface area contributed by atoms with E-state index in [0.29, 0.717) is 17.6 Å². The van der Waals surface area contributed by atoms with Crippen molar-refractivity contribution >= 4 is 32.3 Å². The van der Waals surface area contributed by atoms with Gasteiger partial charge in [-0.3, -0.25) is 4.79 Å². The topological polar surface area (TPSA) is 53.1 Å². The van der Waals surface area contributed by atoms with Gasteiger partial charge in [-0.1, -0.05) is 38.1 Å². The lowest BCUT2D eigenvalue weighted by Gasteiger charge is -2.16. The first-order valence-electron chi connectivity index (χ1n) is 9.97. The molecule has 1 aliphatic rings. The quantitative estimate of drug-likeness (QED) is 0.418. The number of thiophene rings is 1. The van der Waals surface area contributed by atoms with E-state index in [4.69, 9.17) is 0 Å². The summed E-state index contributed by atoms with van der Waals surface area (Å²) in [6, 6.07) is 12.4. The van der Waals surface area contributed by atoms with Crippen LogP contribution in [-0.2, 0) is 0 Å². The predicted molar refractivity (Wildman–Crippen MR) is 118 cm³/mol. The Balaban J connectivity index is 1.84. The maximum Gasteiger partial charge on any atom is 0.266 e. The third-order valence-corrected chi connectivity index (χ3v) is 7.03. The zero-order chi connectivity index (χ0) is 19.4. The van der Waals surface area contributed by atoms with Crippen molar-refractivity contribution in [2.75, 3.05) is 0 Å². The van der Waals surface area contributed by atoms with Crippen LogP contribution in [-0.4, -0.2) is 10.1 Å². The molecule has 0 radical (unpaired) electrons. The minimum Gasteiger partial charge on any atom is -0.507 e. The molecule has 1 fully saturated rings. The molecule has 1 saturated carbocycles. The Bertz CT molecular complexity index is 1250. The molecule has 1 aliphatic carbocycles. The first-order chi connectivity index (χ1) is 13.6. The summed E-state index contributed by atoms with van der Waals surface area (Å²) in [7, 11) is 0. The number of aromatic nitrogens is 1. The second kappa shape index (κ2) is 6.49. The molecule has 4 heteroatoms. The van der Waals surface area contributed by atoms with Gasteiger partial charge in [0.25, 0.3) is 5.56 Å². The van der Waals surface area contributed by atoms with Crippen LogP contribution in [0.15, 0.2) is 46.6 Å².